The molecule has 31 heavy (non-hydrogen) atoms. The van der Waals surface area contributed by atoms with Crippen LogP contribution < -0.4 is 20.3 Å². The Balaban J connectivity index is 1.39. The first-order valence-electron chi connectivity index (χ1n) is 10.5. The highest BCUT2D eigenvalue weighted by atomic mass is 19.1. The molecule has 3 aromatic rings. The monoisotopic (exact) mass is 425 g/mol. The van der Waals surface area contributed by atoms with Crippen LogP contribution in [-0.4, -0.2) is 57.5 Å². The number of hydrogen-bond acceptors (Lipinski definition) is 7. The van der Waals surface area contributed by atoms with E-state index in [0.29, 0.717) is 35.9 Å². The molecule has 0 saturated carbocycles. The van der Waals surface area contributed by atoms with E-state index in [4.69, 9.17) is 4.74 Å². The van der Waals surface area contributed by atoms with Crippen LogP contribution in [0.1, 0.15) is 29.4 Å². The fraction of sp³-hybridized carbons (Fsp3) is 0.429. The number of imidazole rings is 1. The van der Waals surface area contributed by atoms with Crippen LogP contribution in [0.25, 0.3) is 5.65 Å². The average Bonchev–Trinajstić information content (AvgIpc) is 3.10. The van der Waals surface area contributed by atoms with Gasteiger partial charge in [0.15, 0.2) is 11.5 Å². The average molecular weight is 425 g/mol. The summed E-state index contributed by atoms with van der Waals surface area (Å²) in [5.74, 6) is 0.421. The van der Waals surface area contributed by atoms with Crippen molar-refractivity contribution < 1.29 is 13.9 Å². The molecule has 2 aliphatic rings. The SMILES string of the molecule is CCOc1nc(N2C[C@H]3CNCC[C@H]32)ncc1C(=O)Nc1cc(F)c2nc(C)cn2c1. The molecule has 0 radical (unpaired) electrons. The maximum atomic E-state index is 14.3. The van der Waals surface area contributed by atoms with Gasteiger partial charge in [-0.1, -0.05) is 0 Å². The minimum atomic E-state index is -0.517. The first kappa shape index (κ1) is 19.7. The normalized spacial score (nSPS) is 20.3. The molecule has 9 nitrogen and oxygen atoms in total. The fourth-order valence-electron chi connectivity index (χ4n) is 4.33. The number of hydrogen-bond donors (Lipinski definition) is 2. The van der Waals surface area contributed by atoms with Crippen molar-refractivity contribution in [1.29, 1.82) is 0 Å². The molecule has 162 valence electrons. The van der Waals surface area contributed by atoms with Gasteiger partial charge in [0.1, 0.15) is 5.56 Å². The van der Waals surface area contributed by atoms with Crippen molar-refractivity contribution in [1.82, 2.24) is 24.7 Å². The number of ether oxygens (including phenoxy) is 1. The summed E-state index contributed by atoms with van der Waals surface area (Å²) < 4.78 is 21.5. The number of aryl methyl sites for hydroxylation is 1. The van der Waals surface area contributed by atoms with Crippen LogP contribution in [-0.2, 0) is 0 Å². The molecule has 2 atom stereocenters. The van der Waals surface area contributed by atoms with Crippen molar-refractivity contribution in [3.8, 4) is 5.88 Å². The van der Waals surface area contributed by atoms with E-state index in [9.17, 15) is 9.18 Å². The Kier molecular flexibility index (Phi) is 4.93. The zero-order chi connectivity index (χ0) is 21.5. The third-order valence-electron chi connectivity index (χ3n) is 5.81. The second-order valence-corrected chi connectivity index (χ2v) is 7.94. The van der Waals surface area contributed by atoms with Crippen LogP contribution in [0.3, 0.4) is 0 Å². The summed E-state index contributed by atoms with van der Waals surface area (Å²) >= 11 is 0. The Hall–Kier alpha value is -3.27. The molecular weight excluding hydrogens is 401 g/mol. The van der Waals surface area contributed by atoms with Crippen molar-refractivity contribution >= 4 is 23.2 Å². The smallest absolute Gasteiger partial charge is 0.262 e. The Morgan fingerprint density at radius 3 is 3.06 bits per heavy atom. The summed E-state index contributed by atoms with van der Waals surface area (Å²) in [6.07, 6.45) is 5.83. The van der Waals surface area contributed by atoms with Gasteiger partial charge in [-0.05, 0) is 26.8 Å². The number of rotatable bonds is 5. The number of nitrogens with one attached hydrogen (secondary N) is 2. The number of anilines is 2. The van der Waals surface area contributed by atoms with Crippen molar-refractivity contribution in [3.63, 3.8) is 0 Å². The van der Waals surface area contributed by atoms with E-state index in [-0.39, 0.29) is 17.1 Å². The maximum Gasteiger partial charge on any atom is 0.262 e. The zero-order valence-electron chi connectivity index (χ0n) is 17.4. The van der Waals surface area contributed by atoms with E-state index in [2.05, 4.69) is 30.5 Å². The Bertz CT molecular complexity index is 1150. The van der Waals surface area contributed by atoms with Gasteiger partial charge in [-0.25, -0.2) is 14.4 Å². The molecule has 5 rings (SSSR count). The van der Waals surface area contributed by atoms with E-state index in [1.165, 1.54) is 12.3 Å². The summed E-state index contributed by atoms with van der Waals surface area (Å²) in [6, 6.07) is 1.66. The Labute approximate surface area is 178 Å². The van der Waals surface area contributed by atoms with Crippen LogP contribution in [0, 0.1) is 18.7 Å². The first-order valence-corrected chi connectivity index (χ1v) is 10.5. The lowest BCUT2D eigenvalue weighted by Gasteiger charge is -2.50. The summed E-state index contributed by atoms with van der Waals surface area (Å²) in [6.45, 7) is 6.86. The van der Waals surface area contributed by atoms with Crippen LogP contribution in [0.4, 0.5) is 16.0 Å². The highest BCUT2D eigenvalue weighted by Gasteiger charge is 2.41. The standard InChI is InChI=1S/C21H24FN7O2/c1-3-31-20-15(8-24-21(27-20)29-10-13-7-23-5-4-17(13)29)19(30)26-14-6-16(22)18-25-12(2)9-28(18)11-14/h6,8-9,11,13,17,23H,3-5,7,10H2,1-2H3,(H,26,30)/t13-,17-/m1/s1. The van der Waals surface area contributed by atoms with Crippen LogP contribution in [0.2, 0.25) is 0 Å². The van der Waals surface area contributed by atoms with E-state index >= 15 is 0 Å². The molecule has 2 fully saturated rings. The maximum absolute atomic E-state index is 14.3. The number of piperidine rings is 1. The minimum absolute atomic E-state index is 0.204. The number of amides is 1. The van der Waals surface area contributed by atoms with Crippen molar-refractivity contribution in [2.45, 2.75) is 26.3 Å². The second-order valence-electron chi connectivity index (χ2n) is 7.94. The summed E-state index contributed by atoms with van der Waals surface area (Å²) in [5.41, 5.74) is 1.41. The van der Waals surface area contributed by atoms with Gasteiger partial charge in [0.25, 0.3) is 5.91 Å². The predicted molar refractivity (Wildman–Crippen MR) is 113 cm³/mol. The van der Waals surface area contributed by atoms with Gasteiger partial charge in [-0.15, -0.1) is 0 Å². The van der Waals surface area contributed by atoms with Gasteiger partial charge in [0.2, 0.25) is 11.8 Å². The molecule has 2 saturated heterocycles. The molecule has 2 N–H and O–H groups in total. The van der Waals surface area contributed by atoms with Gasteiger partial charge in [0.05, 0.1) is 18.0 Å². The highest BCUT2D eigenvalue weighted by molar-refractivity contribution is 6.05. The quantitative estimate of drug-likeness (QED) is 0.646. The fourth-order valence-corrected chi connectivity index (χ4v) is 4.33. The summed E-state index contributed by atoms with van der Waals surface area (Å²) in [7, 11) is 0. The lowest BCUT2D eigenvalue weighted by molar-refractivity contribution is 0.102. The van der Waals surface area contributed by atoms with Gasteiger partial charge >= 0.3 is 0 Å². The Morgan fingerprint density at radius 2 is 2.26 bits per heavy atom. The van der Waals surface area contributed by atoms with Gasteiger partial charge in [-0.2, -0.15) is 4.98 Å². The minimum Gasteiger partial charge on any atom is -0.477 e. The van der Waals surface area contributed by atoms with Gasteiger partial charge in [-0.3, -0.25) is 4.79 Å². The van der Waals surface area contributed by atoms with E-state index in [0.717, 1.165) is 26.1 Å². The van der Waals surface area contributed by atoms with Crippen LogP contribution in [0.5, 0.6) is 5.88 Å². The third kappa shape index (κ3) is 3.56. The number of fused-ring (bicyclic) bond motifs is 2. The third-order valence-corrected chi connectivity index (χ3v) is 5.81. The molecule has 5 heterocycles. The molecule has 2 aliphatic heterocycles. The number of halogens is 1. The van der Waals surface area contributed by atoms with Gasteiger partial charge in [0, 0.05) is 49.7 Å². The molecule has 0 unspecified atom stereocenters. The molecule has 10 heteroatoms. The molecule has 1 amide bonds. The number of carbonyl (C=O) groups is 1. The lowest BCUT2D eigenvalue weighted by atomic mass is 9.84. The van der Waals surface area contributed by atoms with Crippen LogP contribution in [0.15, 0.2) is 24.7 Å². The largest absolute Gasteiger partial charge is 0.477 e. The lowest BCUT2D eigenvalue weighted by Crippen LogP contribution is -2.63. The summed E-state index contributed by atoms with van der Waals surface area (Å²) in [5, 5.41) is 6.12. The highest BCUT2D eigenvalue weighted by Crippen LogP contribution is 2.33. The van der Waals surface area contributed by atoms with E-state index in [1.807, 2.05) is 6.92 Å². The van der Waals surface area contributed by atoms with Crippen molar-refractivity contribution in [3.05, 3.63) is 41.7 Å². The second kappa shape index (κ2) is 7.77. The van der Waals surface area contributed by atoms with Crippen molar-refractivity contribution in [2.24, 2.45) is 5.92 Å². The Morgan fingerprint density at radius 1 is 1.39 bits per heavy atom. The number of pyridine rings is 1. The molecular formula is C21H24FN7O2. The van der Waals surface area contributed by atoms with Crippen LogP contribution >= 0.6 is 0 Å². The van der Waals surface area contributed by atoms with Gasteiger partial charge < -0.3 is 24.7 Å². The summed E-state index contributed by atoms with van der Waals surface area (Å²) in [4.78, 5) is 28.2. The number of aromatic nitrogens is 4. The first-order chi connectivity index (χ1) is 15.0. The molecule has 0 aromatic carbocycles. The molecule has 0 bridgehead atoms. The van der Waals surface area contributed by atoms with E-state index < -0.39 is 11.7 Å². The molecule has 3 aromatic heterocycles. The number of nitrogens with zero attached hydrogens (tertiary/aromatic N) is 5. The van der Waals surface area contributed by atoms with Crippen molar-refractivity contribution in [2.75, 3.05) is 36.5 Å². The molecule has 0 spiro atoms. The number of carbonyl (C=O) groups excluding carboxylic acids is 1. The van der Waals surface area contributed by atoms with E-state index in [1.54, 1.807) is 23.7 Å². The predicted octanol–water partition coefficient (Wildman–Crippen LogP) is 2.02. The topological polar surface area (TPSA) is 96.7 Å². The zero-order valence-corrected chi connectivity index (χ0v) is 17.4. The molecule has 0 aliphatic carbocycles.